The number of rotatable bonds is 8. The van der Waals surface area contributed by atoms with Crippen LogP contribution in [0.2, 0.25) is 0 Å². The van der Waals surface area contributed by atoms with Gasteiger partial charge < -0.3 is 9.64 Å². The first-order valence-corrected chi connectivity index (χ1v) is 12.9. The Morgan fingerprint density at radius 3 is 2.44 bits per heavy atom. The molecule has 1 amide bonds. The zero-order valence-corrected chi connectivity index (χ0v) is 22.4. The van der Waals surface area contributed by atoms with E-state index in [4.69, 9.17) is 4.74 Å². The van der Waals surface area contributed by atoms with Gasteiger partial charge >= 0.3 is 6.09 Å². The summed E-state index contributed by atoms with van der Waals surface area (Å²) >= 11 is 0. The number of nitro benzene ring substituents is 1. The summed E-state index contributed by atoms with van der Waals surface area (Å²) in [6.07, 6.45) is 0.735. The molecule has 0 N–H and O–H groups in total. The van der Waals surface area contributed by atoms with E-state index >= 15 is 0 Å². The molecule has 0 aromatic heterocycles. The number of hydrogen-bond acceptors (Lipinski definition) is 5. The maximum atomic E-state index is 14.0. The maximum Gasteiger partial charge on any atom is 0.410 e. The fraction of sp³-hybridized carbons (Fsp3) is 0.367. The highest BCUT2D eigenvalue weighted by molar-refractivity contribution is 5.68. The number of benzene rings is 3. The lowest BCUT2D eigenvalue weighted by Gasteiger charge is -2.38. The minimum absolute atomic E-state index is 0.00283. The summed E-state index contributed by atoms with van der Waals surface area (Å²) in [5, 5.41) is 11.3. The topological polar surface area (TPSA) is 75.9 Å². The predicted molar refractivity (Wildman–Crippen MR) is 144 cm³/mol. The molecule has 0 spiro atoms. The van der Waals surface area contributed by atoms with Crippen molar-refractivity contribution in [3.05, 3.63) is 111 Å². The molecule has 1 aliphatic rings. The summed E-state index contributed by atoms with van der Waals surface area (Å²) in [7, 11) is 0. The van der Waals surface area contributed by atoms with Crippen molar-refractivity contribution in [2.24, 2.45) is 0 Å². The molecule has 1 atom stereocenters. The van der Waals surface area contributed by atoms with Crippen LogP contribution in [0, 0.1) is 21.7 Å². The minimum Gasteiger partial charge on any atom is -0.444 e. The van der Waals surface area contributed by atoms with Gasteiger partial charge in [-0.2, -0.15) is 0 Å². The van der Waals surface area contributed by atoms with Crippen LogP contribution >= 0.6 is 0 Å². The molecule has 1 aliphatic heterocycles. The SMILES string of the molecule is CC(C)(C)OC(=O)N(CCN1Cc2ccc(F)cc2CC1Cc1ccc(F)cc1)Cc1cccc([N+](=O)[O-])c1. The van der Waals surface area contributed by atoms with Gasteiger partial charge in [0.15, 0.2) is 0 Å². The quantitative estimate of drug-likeness (QED) is 0.250. The molecule has 9 heteroatoms. The number of nitro groups is 1. The van der Waals surface area contributed by atoms with Crippen LogP contribution in [0.1, 0.15) is 43.0 Å². The number of nitrogens with zero attached hydrogens (tertiary/aromatic N) is 3. The van der Waals surface area contributed by atoms with Crippen LogP contribution in [0.5, 0.6) is 0 Å². The molecule has 1 heterocycles. The first-order chi connectivity index (χ1) is 18.5. The lowest BCUT2D eigenvalue weighted by Crippen LogP contribution is -2.47. The molecule has 0 saturated carbocycles. The van der Waals surface area contributed by atoms with Crippen LogP contribution in [0.3, 0.4) is 0 Å². The van der Waals surface area contributed by atoms with Crippen LogP contribution in [-0.2, 0) is 30.7 Å². The Labute approximate surface area is 227 Å². The van der Waals surface area contributed by atoms with Gasteiger partial charge in [-0.3, -0.25) is 15.0 Å². The molecule has 3 aromatic rings. The smallest absolute Gasteiger partial charge is 0.410 e. The predicted octanol–water partition coefficient (Wildman–Crippen LogP) is 6.28. The number of carbonyl (C=O) groups excluding carboxylic acids is 1. The van der Waals surface area contributed by atoms with E-state index in [1.807, 2.05) is 0 Å². The van der Waals surface area contributed by atoms with E-state index in [-0.39, 0.29) is 29.9 Å². The van der Waals surface area contributed by atoms with E-state index < -0.39 is 16.6 Å². The van der Waals surface area contributed by atoms with Crippen LogP contribution in [0.25, 0.3) is 0 Å². The van der Waals surface area contributed by atoms with Gasteiger partial charge in [-0.15, -0.1) is 0 Å². The second-order valence-corrected chi connectivity index (χ2v) is 10.9. The van der Waals surface area contributed by atoms with Crippen LogP contribution in [0.15, 0.2) is 66.7 Å². The highest BCUT2D eigenvalue weighted by Crippen LogP contribution is 2.27. The van der Waals surface area contributed by atoms with Gasteiger partial charge in [-0.05, 0) is 80.1 Å². The third-order valence-corrected chi connectivity index (χ3v) is 6.70. The number of ether oxygens (including phenoxy) is 1. The highest BCUT2D eigenvalue weighted by atomic mass is 19.1. The molecule has 3 aromatic carbocycles. The largest absolute Gasteiger partial charge is 0.444 e. The summed E-state index contributed by atoms with van der Waals surface area (Å²) in [4.78, 5) is 27.8. The lowest BCUT2D eigenvalue weighted by molar-refractivity contribution is -0.384. The monoisotopic (exact) mass is 537 g/mol. The van der Waals surface area contributed by atoms with E-state index in [1.165, 1.54) is 30.3 Å². The molecule has 39 heavy (non-hydrogen) atoms. The van der Waals surface area contributed by atoms with Crippen molar-refractivity contribution in [2.75, 3.05) is 13.1 Å². The average Bonchev–Trinajstić information content (AvgIpc) is 2.87. The first-order valence-electron chi connectivity index (χ1n) is 12.9. The first kappa shape index (κ1) is 28.2. The summed E-state index contributed by atoms with van der Waals surface area (Å²) < 4.78 is 33.1. The Morgan fingerprint density at radius 1 is 1.03 bits per heavy atom. The van der Waals surface area contributed by atoms with Crippen molar-refractivity contribution in [2.45, 2.75) is 58.3 Å². The van der Waals surface area contributed by atoms with Gasteiger partial charge in [0.05, 0.1) is 4.92 Å². The third kappa shape index (κ3) is 7.83. The van der Waals surface area contributed by atoms with Gasteiger partial charge in [-0.1, -0.05) is 30.3 Å². The van der Waals surface area contributed by atoms with Gasteiger partial charge in [0.2, 0.25) is 0 Å². The number of halogens is 2. The molecule has 0 fully saturated rings. The van der Waals surface area contributed by atoms with Crippen molar-refractivity contribution < 1.29 is 23.2 Å². The molecular formula is C30H33F2N3O4. The van der Waals surface area contributed by atoms with Crippen molar-refractivity contribution >= 4 is 11.8 Å². The minimum atomic E-state index is -0.711. The molecule has 1 unspecified atom stereocenters. The highest BCUT2D eigenvalue weighted by Gasteiger charge is 2.29. The summed E-state index contributed by atoms with van der Waals surface area (Å²) in [5.74, 6) is -0.586. The number of non-ortho nitro benzene ring substituents is 1. The fourth-order valence-corrected chi connectivity index (χ4v) is 4.82. The zero-order valence-electron chi connectivity index (χ0n) is 22.4. The molecule has 4 rings (SSSR count). The number of hydrogen-bond donors (Lipinski definition) is 0. The van der Waals surface area contributed by atoms with E-state index in [9.17, 15) is 23.7 Å². The van der Waals surface area contributed by atoms with E-state index in [1.54, 1.807) is 62.1 Å². The average molecular weight is 538 g/mol. The fourth-order valence-electron chi connectivity index (χ4n) is 4.82. The van der Waals surface area contributed by atoms with Gasteiger partial charge in [0.25, 0.3) is 5.69 Å². The van der Waals surface area contributed by atoms with Crippen molar-refractivity contribution in [1.82, 2.24) is 9.80 Å². The lowest BCUT2D eigenvalue weighted by atomic mass is 9.90. The second kappa shape index (κ2) is 11.9. The molecule has 0 bridgehead atoms. The van der Waals surface area contributed by atoms with Crippen molar-refractivity contribution in [3.8, 4) is 0 Å². The van der Waals surface area contributed by atoms with Crippen molar-refractivity contribution in [1.29, 1.82) is 0 Å². The summed E-state index contributed by atoms with van der Waals surface area (Å²) in [6, 6.07) is 17.4. The number of fused-ring (bicyclic) bond motifs is 1. The Hall–Kier alpha value is -3.85. The summed E-state index contributed by atoms with van der Waals surface area (Å²) in [6.45, 7) is 6.89. The number of amides is 1. The Morgan fingerprint density at radius 2 is 1.74 bits per heavy atom. The van der Waals surface area contributed by atoms with E-state index in [0.29, 0.717) is 38.0 Å². The second-order valence-electron chi connectivity index (χ2n) is 10.9. The molecule has 0 radical (unpaired) electrons. The zero-order chi connectivity index (χ0) is 28.2. The molecule has 206 valence electrons. The van der Waals surface area contributed by atoms with Crippen LogP contribution in [0.4, 0.5) is 19.3 Å². The normalized spacial score (nSPS) is 15.5. The third-order valence-electron chi connectivity index (χ3n) is 6.70. The number of carbonyl (C=O) groups is 1. The molecule has 7 nitrogen and oxygen atoms in total. The van der Waals surface area contributed by atoms with E-state index in [2.05, 4.69) is 4.90 Å². The van der Waals surface area contributed by atoms with Crippen LogP contribution in [-0.4, -0.2) is 45.5 Å². The molecule has 0 aliphatic carbocycles. The Bertz CT molecular complexity index is 1320. The van der Waals surface area contributed by atoms with Gasteiger partial charge in [0, 0.05) is 44.4 Å². The maximum absolute atomic E-state index is 14.0. The Kier molecular flexibility index (Phi) is 8.60. The molecule has 0 saturated heterocycles. The van der Waals surface area contributed by atoms with E-state index in [0.717, 1.165) is 16.7 Å². The Balaban J connectivity index is 1.56. The van der Waals surface area contributed by atoms with Crippen molar-refractivity contribution in [3.63, 3.8) is 0 Å². The van der Waals surface area contributed by atoms with Crippen LogP contribution < -0.4 is 0 Å². The standard InChI is InChI=1S/C30H33F2N3O4/c1-30(2,3)39-29(36)34(19-22-5-4-6-27(16-22)35(37)38)14-13-33-20-23-9-12-26(32)17-24(23)18-28(33)15-21-7-10-25(31)11-8-21/h4-12,16-17,28H,13-15,18-20H2,1-3H3. The van der Waals surface area contributed by atoms with Gasteiger partial charge in [0.1, 0.15) is 17.2 Å². The van der Waals surface area contributed by atoms with Gasteiger partial charge in [-0.25, -0.2) is 13.6 Å². The summed E-state index contributed by atoms with van der Waals surface area (Å²) in [5.41, 5.74) is 2.80. The molecular weight excluding hydrogens is 504 g/mol.